The lowest BCUT2D eigenvalue weighted by Gasteiger charge is -2.21. The summed E-state index contributed by atoms with van der Waals surface area (Å²) in [6.07, 6.45) is 0.668. The lowest BCUT2D eigenvalue weighted by atomic mass is 9.97. The Hall–Kier alpha value is -3.90. The fraction of sp³-hybridized carbons (Fsp3) is 0.107. The normalized spacial score (nSPS) is 15.7. The molecular formula is C28H21N3O2S. The summed E-state index contributed by atoms with van der Waals surface area (Å²) in [5, 5.41) is 9.29. The highest BCUT2D eigenvalue weighted by Crippen LogP contribution is 2.34. The lowest BCUT2D eigenvalue weighted by molar-refractivity contribution is -0.130. The molecule has 1 aliphatic heterocycles. The van der Waals surface area contributed by atoms with Gasteiger partial charge in [0.2, 0.25) is 0 Å². The van der Waals surface area contributed by atoms with Crippen LogP contribution in [0.5, 0.6) is 0 Å². The Balaban J connectivity index is 1.28. The highest BCUT2D eigenvalue weighted by molar-refractivity contribution is 7.99. The van der Waals surface area contributed by atoms with Gasteiger partial charge in [-0.2, -0.15) is 5.10 Å². The van der Waals surface area contributed by atoms with Gasteiger partial charge in [-0.15, -0.1) is 0 Å². The van der Waals surface area contributed by atoms with E-state index in [1.54, 1.807) is 5.01 Å². The maximum absolute atomic E-state index is 13.3. The van der Waals surface area contributed by atoms with Crippen LogP contribution in [0, 0.1) is 0 Å². The third-order valence-electron chi connectivity index (χ3n) is 6.03. The molecule has 1 aliphatic rings. The number of aromatic nitrogens is 1. The lowest BCUT2D eigenvalue weighted by Crippen LogP contribution is -2.28. The molecule has 1 aromatic heterocycles. The van der Waals surface area contributed by atoms with Crippen LogP contribution in [0.1, 0.15) is 23.6 Å². The van der Waals surface area contributed by atoms with Gasteiger partial charge in [-0.05, 0) is 40.1 Å². The van der Waals surface area contributed by atoms with Crippen molar-refractivity contribution in [2.24, 2.45) is 5.10 Å². The van der Waals surface area contributed by atoms with Crippen LogP contribution in [0.15, 0.2) is 112 Å². The van der Waals surface area contributed by atoms with E-state index in [9.17, 15) is 4.79 Å². The molecule has 1 unspecified atom stereocenters. The predicted molar refractivity (Wildman–Crippen MR) is 136 cm³/mol. The van der Waals surface area contributed by atoms with Gasteiger partial charge in [0, 0.05) is 6.42 Å². The molecule has 0 bridgehead atoms. The van der Waals surface area contributed by atoms with E-state index in [0.717, 1.165) is 33.3 Å². The van der Waals surface area contributed by atoms with Crippen LogP contribution in [0.3, 0.4) is 0 Å². The first-order valence-electron chi connectivity index (χ1n) is 11.2. The third-order valence-corrected chi connectivity index (χ3v) is 6.84. The second kappa shape index (κ2) is 8.80. The van der Waals surface area contributed by atoms with Gasteiger partial charge in [0.05, 0.1) is 17.5 Å². The summed E-state index contributed by atoms with van der Waals surface area (Å²) in [7, 11) is 0. The quantitative estimate of drug-likeness (QED) is 0.281. The minimum Gasteiger partial charge on any atom is -0.431 e. The zero-order valence-corrected chi connectivity index (χ0v) is 19.1. The van der Waals surface area contributed by atoms with Crippen molar-refractivity contribution in [3.05, 3.63) is 108 Å². The van der Waals surface area contributed by atoms with Gasteiger partial charge in [-0.25, -0.2) is 9.99 Å². The predicted octanol–water partition coefficient (Wildman–Crippen LogP) is 6.45. The molecule has 0 aliphatic carbocycles. The molecule has 5 aromatic rings. The summed E-state index contributed by atoms with van der Waals surface area (Å²) in [6.45, 7) is 0. The van der Waals surface area contributed by atoms with Gasteiger partial charge in [0.1, 0.15) is 5.52 Å². The van der Waals surface area contributed by atoms with Crippen LogP contribution < -0.4 is 0 Å². The highest BCUT2D eigenvalue weighted by atomic mass is 32.2. The van der Waals surface area contributed by atoms with E-state index in [2.05, 4.69) is 47.4 Å². The second-order valence-electron chi connectivity index (χ2n) is 8.21. The van der Waals surface area contributed by atoms with E-state index in [0.29, 0.717) is 11.6 Å². The van der Waals surface area contributed by atoms with Crippen LogP contribution in [-0.2, 0) is 4.79 Å². The number of hydrogen-bond donors (Lipinski definition) is 0. The Morgan fingerprint density at radius 3 is 2.53 bits per heavy atom. The highest BCUT2D eigenvalue weighted by Gasteiger charge is 2.33. The van der Waals surface area contributed by atoms with E-state index in [-0.39, 0.29) is 17.7 Å². The van der Waals surface area contributed by atoms with Gasteiger partial charge < -0.3 is 4.42 Å². The van der Waals surface area contributed by atoms with E-state index < -0.39 is 0 Å². The number of para-hydroxylation sites is 2. The molecule has 4 aromatic carbocycles. The minimum atomic E-state index is -0.139. The van der Waals surface area contributed by atoms with Crippen molar-refractivity contribution in [2.45, 2.75) is 17.7 Å². The fourth-order valence-corrected chi connectivity index (χ4v) is 5.01. The first-order chi connectivity index (χ1) is 16.7. The summed E-state index contributed by atoms with van der Waals surface area (Å²) in [5.41, 5.74) is 4.54. The molecule has 1 atom stereocenters. The molecule has 0 saturated carbocycles. The van der Waals surface area contributed by atoms with E-state index >= 15 is 0 Å². The van der Waals surface area contributed by atoms with Crippen molar-refractivity contribution in [3.8, 4) is 0 Å². The Kier molecular flexibility index (Phi) is 5.35. The van der Waals surface area contributed by atoms with E-state index in [1.807, 2.05) is 54.6 Å². The number of benzene rings is 4. The Labute approximate surface area is 201 Å². The maximum atomic E-state index is 13.3. The summed E-state index contributed by atoms with van der Waals surface area (Å²) >= 11 is 1.30. The number of hydrazone groups is 1. The van der Waals surface area contributed by atoms with E-state index in [1.165, 1.54) is 17.1 Å². The number of rotatable bonds is 5. The zero-order chi connectivity index (χ0) is 22.9. The number of nitrogens with zero attached hydrogens (tertiary/aromatic N) is 3. The van der Waals surface area contributed by atoms with Crippen molar-refractivity contribution in [1.29, 1.82) is 0 Å². The van der Waals surface area contributed by atoms with Crippen LogP contribution in [0.25, 0.3) is 21.9 Å². The van der Waals surface area contributed by atoms with Crippen molar-refractivity contribution in [3.63, 3.8) is 0 Å². The smallest absolute Gasteiger partial charge is 0.257 e. The molecule has 166 valence electrons. The van der Waals surface area contributed by atoms with E-state index in [4.69, 9.17) is 9.52 Å². The van der Waals surface area contributed by atoms with Crippen LogP contribution in [-0.4, -0.2) is 27.4 Å². The van der Waals surface area contributed by atoms with Gasteiger partial charge in [0.25, 0.3) is 11.1 Å². The SMILES string of the molecule is O=C(CSc1nc2ccccc2o1)N1N=C(c2ccc3ccccc3c2)CC1c1ccccc1. The number of oxazole rings is 1. The first kappa shape index (κ1) is 20.7. The number of hydrogen-bond acceptors (Lipinski definition) is 5. The Bertz CT molecular complexity index is 1490. The summed E-state index contributed by atoms with van der Waals surface area (Å²) in [6, 6.07) is 32.2. The average Bonchev–Trinajstić information content (AvgIpc) is 3.52. The van der Waals surface area contributed by atoms with Crippen molar-refractivity contribution in [1.82, 2.24) is 9.99 Å². The Morgan fingerprint density at radius 2 is 1.68 bits per heavy atom. The van der Waals surface area contributed by atoms with Gasteiger partial charge in [0.15, 0.2) is 5.58 Å². The fourth-order valence-electron chi connectivity index (χ4n) is 4.32. The average molecular weight is 464 g/mol. The number of thioether (sulfide) groups is 1. The minimum absolute atomic E-state index is 0.0723. The van der Waals surface area contributed by atoms with Gasteiger partial charge in [-0.3, -0.25) is 4.79 Å². The number of amides is 1. The number of carbonyl (C=O) groups is 1. The van der Waals surface area contributed by atoms with Crippen molar-refractivity contribution >= 4 is 45.3 Å². The summed E-state index contributed by atoms with van der Waals surface area (Å²) in [5.74, 6) is 0.127. The van der Waals surface area contributed by atoms with Gasteiger partial charge in [-0.1, -0.05) is 90.6 Å². The van der Waals surface area contributed by atoms with Crippen molar-refractivity contribution < 1.29 is 9.21 Å². The standard InChI is InChI=1S/C28H21N3O2S/c32-27(18-34-28-29-23-12-6-7-13-26(23)33-28)31-25(20-9-2-1-3-10-20)17-24(30-31)22-15-14-19-8-4-5-11-21(19)16-22/h1-16,25H,17-18H2. The second-order valence-corrected chi connectivity index (χ2v) is 9.14. The third kappa shape index (κ3) is 3.97. The zero-order valence-electron chi connectivity index (χ0n) is 18.3. The van der Waals surface area contributed by atoms with Crippen LogP contribution in [0.2, 0.25) is 0 Å². The topological polar surface area (TPSA) is 58.7 Å². The van der Waals surface area contributed by atoms with Crippen LogP contribution >= 0.6 is 11.8 Å². The molecule has 0 spiro atoms. The molecule has 5 nitrogen and oxygen atoms in total. The molecule has 0 radical (unpaired) electrons. The molecular weight excluding hydrogens is 442 g/mol. The monoisotopic (exact) mass is 463 g/mol. The van der Waals surface area contributed by atoms with Crippen molar-refractivity contribution in [2.75, 3.05) is 5.75 Å². The van der Waals surface area contributed by atoms with Gasteiger partial charge >= 0.3 is 0 Å². The summed E-state index contributed by atoms with van der Waals surface area (Å²) < 4.78 is 5.77. The molecule has 34 heavy (non-hydrogen) atoms. The molecule has 0 saturated heterocycles. The molecule has 6 heteroatoms. The number of carbonyl (C=O) groups excluding carboxylic acids is 1. The number of fused-ring (bicyclic) bond motifs is 2. The first-order valence-corrected chi connectivity index (χ1v) is 12.2. The largest absolute Gasteiger partial charge is 0.431 e. The molecule has 6 rings (SSSR count). The summed E-state index contributed by atoms with van der Waals surface area (Å²) in [4.78, 5) is 17.8. The Morgan fingerprint density at radius 1 is 0.912 bits per heavy atom. The molecule has 0 N–H and O–H groups in total. The van der Waals surface area contributed by atoms with Crippen LogP contribution in [0.4, 0.5) is 0 Å². The molecule has 2 heterocycles. The maximum Gasteiger partial charge on any atom is 0.257 e. The molecule has 1 amide bonds. The molecule has 0 fully saturated rings.